The molecule has 0 aromatic heterocycles. The molecular weight excluding hydrogens is 182 g/mol. The van der Waals surface area contributed by atoms with Gasteiger partial charge < -0.3 is 5.32 Å². The highest BCUT2D eigenvalue weighted by atomic mass is 35.5. The van der Waals surface area contributed by atoms with E-state index in [1.807, 2.05) is 20.0 Å². The van der Waals surface area contributed by atoms with E-state index < -0.39 is 0 Å². The number of rotatable bonds is 3. The third kappa shape index (κ3) is 2.45. The molecule has 1 aromatic carbocycles. The van der Waals surface area contributed by atoms with Crippen molar-refractivity contribution in [2.75, 3.05) is 7.05 Å². The first kappa shape index (κ1) is 10.6. The number of aryl methyl sites for hydroxylation is 1. The Labute approximate surface area is 85.1 Å². The third-order valence-electron chi connectivity index (χ3n) is 2.35. The second-order valence-electron chi connectivity index (χ2n) is 3.26. The zero-order valence-corrected chi connectivity index (χ0v) is 9.15. The lowest BCUT2D eigenvalue weighted by Gasteiger charge is -2.14. The van der Waals surface area contributed by atoms with E-state index in [1.54, 1.807) is 0 Å². The van der Waals surface area contributed by atoms with Crippen molar-refractivity contribution in [3.63, 3.8) is 0 Å². The quantitative estimate of drug-likeness (QED) is 0.784. The molecule has 2 heteroatoms. The van der Waals surface area contributed by atoms with Crippen molar-refractivity contribution in [3.05, 3.63) is 34.3 Å². The molecule has 72 valence electrons. The summed E-state index contributed by atoms with van der Waals surface area (Å²) in [5.74, 6) is 0. The van der Waals surface area contributed by atoms with Gasteiger partial charge in [-0.3, -0.25) is 0 Å². The van der Waals surface area contributed by atoms with Crippen LogP contribution in [0.15, 0.2) is 18.2 Å². The SMILES string of the molecule is CCC(NC)c1ccc(C)c(Cl)c1. The number of benzene rings is 1. The highest BCUT2D eigenvalue weighted by Gasteiger charge is 2.06. The summed E-state index contributed by atoms with van der Waals surface area (Å²) >= 11 is 6.04. The molecule has 0 amide bonds. The number of nitrogens with one attached hydrogen (secondary N) is 1. The van der Waals surface area contributed by atoms with E-state index in [9.17, 15) is 0 Å². The second-order valence-corrected chi connectivity index (χ2v) is 3.67. The van der Waals surface area contributed by atoms with E-state index in [4.69, 9.17) is 11.6 Å². The fourth-order valence-corrected chi connectivity index (χ4v) is 1.62. The minimum Gasteiger partial charge on any atom is -0.313 e. The van der Waals surface area contributed by atoms with Crippen molar-refractivity contribution in [3.8, 4) is 0 Å². The van der Waals surface area contributed by atoms with Gasteiger partial charge in [-0.2, -0.15) is 0 Å². The van der Waals surface area contributed by atoms with Crippen LogP contribution in [0.5, 0.6) is 0 Å². The first-order valence-electron chi connectivity index (χ1n) is 4.62. The number of hydrogen-bond donors (Lipinski definition) is 1. The zero-order chi connectivity index (χ0) is 9.84. The first-order chi connectivity index (χ1) is 6.19. The molecule has 0 saturated heterocycles. The van der Waals surface area contributed by atoms with Crippen LogP contribution in [0.25, 0.3) is 0 Å². The average Bonchev–Trinajstić information content (AvgIpc) is 2.13. The van der Waals surface area contributed by atoms with Crippen LogP contribution in [0.4, 0.5) is 0 Å². The Morgan fingerprint density at radius 1 is 1.46 bits per heavy atom. The predicted octanol–water partition coefficient (Wildman–Crippen LogP) is 3.32. The van der Waals surface area contributed by atoms with Gasteiger partial charge in [0.2, 0.25) is 0 Å². The van der Waals surface area contributed by atoms with Gasteiger partial charge in [0.1, 0.15) is 0 Å². The Morgan fingerprint density at radius 2 is 2.15 bits per heavy atom. The normalized spacial score (nSPS) is 12.9. The van der Waals surface area contributed by atoms with Gasteiger partial charge in [0.05, 0.1) is 0 Å². The van der Waals surface area contributed by atoms with Crippen molar-refractivity contribution in [2.45, 2.75) is 26.3 Å². The zero-order valence-electron chi connectivity index (χ0n) is 8.39. The molecule has 0 bridgehead atoms. The molecule has 0 fully saturated rings. The van der Waals surface area contributed by atoms with Crippen LogP contribution in [0.1, 0.15) is 30.5 Å². The molecule has 0 aliphatic carbocycles. The van der Waals surface area contributed by atoms with Gasteiger partial charge >= 0.3 is 0 Å². The van der Waals surface area contributed by atoms with Gasteiger partial charge in [0.15, 0.2) is 0 Å². The van der Waals surface area contributed by atoms with Crippen molar-refractivity contribution >= 4 is 11.6 Å². The lowest BCUT2D eigenvalue weighted by atomic mass is 10.0. The molecule has 13 heavy (non-hydrogen) atoms. The topological polar surface area (TPSA) is 12.0 Å². The van der Waals surface area contributed by atoms with Crippen LogP contribution in [-0.4, -0.2) is 7.05 Å². The van der Waals surface area contributed by atoms with Crippen LogP contribution in [0.3, 0.4) is 0 Å². The van der Waals surface area contributed by atoms with Crippen molar-refractivity contribution in [2.24, 2.45) is 0 Å². The molecule has 0 aliphatic heterocycles. The number of halogens is 1. The highest BCUT2D eigenvalue weighted by molar-refractivity contribution is 6.31. The molecular formula is C11H16ClN. The van der Waals surface area contributed by atoms with E-state index in [1.165, 1.54) is 5.56 Å². The summed E-state index contributed by atoms with van der Waals surface area (Å²) in [5, 5.41) is 4.11. The Kier molecular flexibility index (Phi) is 3.76. The van der Waals surface area contributed by atoms with E-state index in [-0.39, 0.29) is 0 Å². The summed E-state index contributed by atoms with van der Waals surface area (Å²) in [5.41, 5.74) is 2.40. The predicted molar refractivity (Wildman–Crippen MR) is 58.3 cm³/mol. The molecule has 0 aliphatic rings. The van der Waals surface area contributed by atoms with E-state index in [0.29, 0.717) is 6.04 Å². The van der Waals surface area contributed by atoms with Crippen LogP contribution >= 0.6 is 11.6 Å². The summed E-state index contributed by atoms with van der Waals surface area (Å²) in [7, 11) is 1.97. The van der Waals surface area contributed by atoms with E-state index in [2.05, 4.69) is 24.4 Å². The standard InChI is InChI=1S/C11H16ClN/c1-4-11(13-3)9-6-5-8(2)10(12)7-9/h5-7,11,13H,4H2,1-3H3. The lowest BCUT2D eigenvalue weighted by Crippen LogP contribution is -2.15. The molecule has 1 unspecified atom stereocenters. The van der Waals surface area contributed by atoms with E-state index >= 15 is 0 Å². The Balaban J connectivity index is 2.95. The van der Waals surface area contributed by atoms with Gasteiger partial charge in [-0.05, 0) is 37.6 Å². The molecule has 0 spiro atoms. The maximum Gasteiger partial charge on any atom is 0.0438 e. The molecule has 1 N–H and O–H groups in total. The van der Waals surface area contributed by atoms with E-state index in [0.717, 1.165) is 17.0 Å². The minimum absolute atomic E-state index is 0.415. The molecule has 1 nitrogen and oxygen atoms in total. The summed E-state index contributed by atoms with van der Waals surface area (Å²) in [4.78, 5) is 0. The summed E-state index contributed by atoms with van der Waals surface area (Å²) in [6, 6.07) is 6.66. The third-order valence-corrected chi connectivity index (χ3v) is 2.76. The molecule has 0 radical (unpaired) electrons. The minimum atomic E-state index is 0.415. The fraction of sp³-hybridized carbons (Fsp3) is 0.455. The molecule has 1 rings (SSSR count). The average molecular weight is 198 g/mol. The molecule has 0 saturated carbocycles. The van der Waals surface area contributed by atoms with Crippen LogP contribution in [0.2, 0.25) is 5.02 Å². The molecule has 1 atom stereocenters. The Hall–Kier alpha value is -0.530. The van der Waals surface area contributed by atoms with Crippen LogP contribution < -0.4 is 5.32 Å². The van der Waals surface area contributed by atoms with Gasteiger partial charge in [-0.25, -0.2) is 0 Å². The Morgan fingerprint density at radius 3 is 2.62 bits per heavy atom. The smallest absolute Gasteiger partial charge is 0.0438 e. The van der Waals surface area contributed by atoms with Gasteiger partial charge in [0.25, 0.3) is 0 Å². The maximum atomic E-state index is 6.04. The summed E-state index contributed by atoms with van der Waals surface area (Å²) < 4.78 is 0. The number of hydrogen-bond acceptors (Lipinski definition) is 1. The molecule has 0 heterocycles. The van der Waals surface area contributed by atoms with Crippen molar-refractivity contribution < 1.29 is 0 Å². The van der Waals surface area contributed by atoms with Gasteiger partial charge in [0, 0.05) is 11.1 Å². The monoisotopic (exact) mass is 197 g/mol. The summed E-state index contributed by atoms with van der Waals surface area (Å²) in [6.45, 7) is 4.18. The highest BCUT2D eigenvalue weighted by Crippen LogP contribution is 2.22. The fourth-order valence-electron chi connectivity index (χ4n) is 1.43. The first-order valence-corrected chi connectivity index (χ1v) is 5.00. The van der Waals surface area contributed by atoms with Crippen molar-refractivity contribution in [1.29, 1.82) is 0 Å². The van der Waals surface area contributed by atoms with Gasteiger partial charge in [-0.15, -0.1) is 0 Å². The molecule has 1 aromatic rings. The summed E-state index contributed by atoms with van der Waals surface area (Å²) in [6.07, 6.45) is 1.08. The van der Waals surface area contributed by atoms with Crippen LogP contribution in [0, 0.1) is 6.92 Å². The Bertz CT molecular complexity index is 279. The largest absolute Gasteiger partial charge is 0.313 e. The van der Waals surface area contributed by atoms with Crippen LogP contribution in [-0.2, 0) is 0 Å². The maximum absolute atomic E-state index is 6.04. The van der Waals surface area contributed by atoms with Crippen molar-refractivity contribution in [1.82, 2.24) is 5.32 Å². The van der Waals surface area contributed by atoms with Gasteiger partial charge in [-0.1, -0.05) is 30.7 Å². The second kappa shape index (κ2) is 4.64. The lowest BCUT2D eigenvalue weighted by molar-refractivity contribution is 0.577.